The highest BCUT2D eigenvalue weighted by molar-refractivity contribution is 5.77. The maximum absolute atomic E-state index is 11.8. The van der Waals surface area contributed by atoms with Gasteiger partial charge >= 0.3 is 0 Å². The fourth-order valence-electron chi connectivity index (χ4n) is 3.38. The van der Waals surface area contributed by atoms with Crippen molar-refractivity contribution in [1.82, 2.24) is 9.80 Å². The molecule has 2 N–H and O–H groups in total. The second-order valence-corrected chi connectivity index (χ2v) is 7.06. The molecule has 0 aliphatic carbocycles. The number of hydrogen-bond donors (Lipinski definition) is 1. The minimum absolute atomic E-state index is 0.0489. The summed E-state index contributed by atoms with van der Waals surface area (Å²) in [4.78, 5) is 15.7. The van der Waals surface area contributed by atoms with Gasteiger partial charge in [-0.05, 0) is 11.6 Å². The summed E-state index contributed by atoms with van der Waals surface area (Å²) in [7, 11) is 3.46. The van der Waals surface area contributed by atoms with Crippen LogP contribution in [0.3, 0.4) is 0 Å². The van der Waals surface area contributed by atoms with Crippen LogP contribution in [0.5, 0.6) is 5.75 Å². The van der Waals surface area contributed by atoms with E-state index in [2.05, 4.69) is 35.2 Å². The Balaban J connectivity index is 1.65. The van der Waals surface area contributed by atoms with Crippen LogP contribution in [0.15, 0.2) is 54.6 Å². The van der Waals surface area contributed by atoms with Gasteiger partial charge in [-0.25, -0.2) is 0 Å². The Morgan fingerprint density at radius 1 is 1.12 bits per heavy atom. The normalized spacial score (nSPS) is 20.1. The van der Waals surface area contributed by atoms with Crippen LogP contribution < -0.4 is 10.5 Å². The lowest BCUT2D eigenvalue weighted by molar-refractivity contribution is -0.130. The first-order chi connectivity index (χ1) is 12.5. The average Bonchev–Trinajstić information content (AvgIpc) is 3.01. The van der Waals surface area contributed by atoms with Crippen LogP contribution in [0.1, 0.15) is 17.0 Å². The van der Waals surface area contributed by atoms with E-state index in [1.54, 1.807) is 14.1 Å². The fraction of sp³-hybridized carbons (Fsp3) is 0.381. The zero-order chi connectivity index (χ0) is 18.5. The monoisotopic (exact) mass is 353 g/mol. The number of nitrogens with zero attached hydrogens (tertiary/aromatic N) is 2. The van der Waals surface area contributed by atoms with Crippen molar-refractivity contribution in [2.75, 3.05) is 33.8 Å². The molecule has 5 nitrogen and oxygen atoms in total. The summed E-state index contributed by atoms with van der Waals surface area (Å²) in [6.45, 7) is 2.60. The first-order valence-corrected chi connectivity index (χ1v) is 8.98. The number of amides is 1. The van der Waals surface area contributed by atoms with Crippen LogP contribution in [-0.4, -0.2) is 55.5 Å². The van der Waals surface area contributed by atoms with Gasteiger partial charge in [-0.3, -0.25) is 9.69 Å². The molecule has 1 aliphatic rings. The zero-order valence-electron chi connectivity index (χ0n) is 15.5. The molecule has 1 fully saturated rings. The van der Waals surface area contributed by atoms with Crippen molar-refractivity contribution in [3.63, 3.8) is 0 Å². The second-order valence-electron chi connectivity index (χ2n) is 7.06. The van der Waals surface area contributed by atoms with Crippen molar-refractivity contribution in [3.05, 3.63) is 65.7 Å². The van der Waals surface area contributed by atoms with Crippen molar-refractivity contribution in [2.24, 2.45) is 5.73 Å². The molecular formula is C21H27N3O2. The van der Waals surface area contributed by atoms with E-state index in [4.69, 9.17) is 10.5 Å². The lowest BCUT2D eigenvalue weighted by atomic mass is 9.95. The van der Waals surface area contributed by atoms with Gasteiger partial charge in [0, 0.05) is 51.3 Å². The van der Waals surface area contributed by atoms with Crippen molar-refractivity contribution in [3.8, 4) is 5.75 Å². The minimum Gasteiger partial charge on any atom is -0.483 e. The van der Waals surface area contributed by atoms with Gasteiger partial charge in [0.05, 0.1) is 0 Å². The summed E-state index contributed by atoms with van der Waals surface area (Å²) in [5.41, 5.74) is 8.78. The van der Waals surface area contributed by atoms with Gasteiger partial charge in [0.1, 0.15) is 5.75 Å². The number of benzene rings is 2. The first-order valence-electron chi connectivity index (χ1n) is 8.98. The topological polar surface area (TPSA) is 58.8 Å². The predicted molar refractivity (Wildman–Crippen MR) is 103 cm³/mol. The van der Waals surface area contributed by atoms with Gasteiger partial charge in [-0.1, -0.05) is 48.5 Å². The number of nitrogens with two attached hydrogens (primary N) is 1. The highest BCUT2D eigenvalue weighted by atomic mass is 16.5. The van der Waals surface area contributed by atoms with Crippen molar-refractivity contribution in [2.45, 2.75) is 18.5 Å². The van der Waals surface area contributed by atoms with Crippen LogP contribution in [-0.2, 0) is 11.3 Å². The Bertz CT molecular complexity index is 733. The van der Waals surface area contributed by atoms with Crippen LogP contribution >= 0.6 is 0 Å². The van der Waals surface area contributed by atoms with Crippen molar-refractivity contribution in [1.29, 1.82) is 0 Å². The SMILES string of the molecule is CN(C)C(=O)COc1ccccc1CN1C[C@@H](N)[C@H](c2ccccc2)C1. The maximum Gasteiger partial charge on any atom is 0.259 e. The molecule has 138 valence electrons. The third kappa shape index (κ3) is 4.42. The van der Waals surface area contributed by atoms with E-state index in [9.17, 15) is 4.79 Å². The van der Waals surface area contributed by atoms with Gasteiger partial charge in [-0.15, -0.1) is 0 Å². The summed E-state index contributed by atoms with van der Waals surface area (Å²) in [6, 6.07) is 18.5. The van der Waals surface area contributed by atoms with E-state index in [1.165, 1.54) is 10.5 Å². The lowest BCUT2D eigenvalue weighted by Crippen LogP contribution is -2.29. The molecule has 1 amide bonds. The molecule has 0 aromatic heterocycles. The molecule has 0 saturated carbocycles. The number of carbonyl (C=O) groups is 1. The van der Waals surface area contributed by atoms with Gasteiger partial charge in [0.25, 0.3) is 5.91 Å². The summed E-state index contributed by atoms with van der Waals surface area (Å²) in [6.07, 6.45) is 0. The Labute approximate surface area is 155 Å². The lowest BCUT2D eigenvalue weighted by Gasteiger charge is -2.19. The minimum atomic E-state index is -0.0489. The number of carbonyl (C=O) groups excluding carboxylic acids is 1. The summed E-state index contributed by atoms with van der Waals surface area (Å²) in [5.74, 6) is 1.06. The second kappa shape index (κ2) is 8.34. The quantitative estimate of drug-likeness (QED) is 0.864. The first kappa shape index (κ1) is 18.4. The molecule has 0 spiro atoms. The predicted octanol–water partition coefficient (Wildman–Crippen LogP) is 2.08. The van der Waals surface area contributed by atoms with E-state index < -0.39 is 0 Å². The molecular weight excluding hydrogens is 326 g/mol. The standard InChI is InChI=1S/C21H27N3O2/c1-23(2)21(25)15-26-20-11-7-6-10-17(20)12-24-13-18(19(22)14-24)16-8-4-3-5-9-16/h3-11,18-19H,12-15,22H2,1-2H3/t18-,19+/m0/s1. The highest BCUT2D eigenvalue weighted by Crippen LogP contribution is 2.29. The number of hydrogen-bond acceptors (Lipinski definition) is 4. The Morgan fingerprint density at radius 2 is 1.81 bits per heavy atom. The Hall–Kier alpha value is -2.37. The van der Waals surface area contributed by atoms with Crippen LogP contribution in [0, 0.1) is 0 Å². The van der Waals surface area contributed by atoms with E-state index in [0.717, 1.165) is 30.9 Å². The largest absolute Gasteiger partial charge is 0.483 e. The molecule has 0 radical (unpaired) electrons. The van der Waals surface area contributed by atoms with E-state index in [0.29, 0.717) is 5.92 Å². The summed E-state index contributed by atoms with van der Waals surface area (Å²) >= 11 is 0. The smallest absolute Gasteiger partial charge is 0.259 e. The number of likely N-dealkylation sites (N-methyl/N-ethyl adjacent to an activating group) is 1. The van der Waals surface area contributed by atoms with E-state index in [1.807, 2.05) is 24.3 Å². The molecule has 1 aliphatic heterocycles. The summed E-state index contributed by atoms with van der Waals surface area (Å²) in [5, 5.41) is 0. The third-order valence-corrected chi connectivity index (χ3v) is 4.88. The molecule has 5 heteroatoms. The van der Waals surface area contributed by atoms with Crippen LogP contribution in [0.2, 0.25) is 0 Å². The van der Waals surface area contributed by atoms with Crippen molar-refractivity contribution >= 4 is 5.91 Å². The molecule has 2 aromatic rings. The van der Waals surface area contributed by atoms with Crippen LogP contribution in [0.25, 0.3) is 0 Å². The highest BCUT2D eigenvalue weighted by Gasteiger charge is 2.31. The number of likely N-dealkylation sites (tertiary alicyclic amines) is 1. The van der Waals surface area contributed by atoms with Gasteiger partial charge < -0.3 is 15.4 Å². The molecule has 3 rings (SSSR count). The van der Waals surface area contributed by atoms with Crippen LogP contribution in [0.4, 0.5) is 0 Å². The van der Waals surface area contributed by atoms with Gasteiger partial charge in [0.2, 0.25) is 0 Å². The number of rotatable bonds is 6. The Kier molecular flexibility index (Phi) is 5.91. The number of ether oxygens (including phenoxy) is 1. The molecule has 1 heterocycles. The summed E-state index contributed by atoms with van der Waals surface area (Å²) < 4.78 is 5.76. The molecule has 2 aromatic carbocycles. The maximum atomic E-state index is 11.8. The van der Waals surface area contributed by atoms with E-state index in [-0.39, 0.29) is 18.6 Å². The average molecular weight is 353 g/mol. The third-order valence-electron chi connectivity index (χ3n) is 4.88. The molecule has 2 atom stereocenters. The van der Waals surface area contributed by atoms with E-state index >= 15 is 0 Å². The molecule has 26 heavy (non-hydrogen) atoms. The van der Waals surface area contributed by atoms with Crippen molar-refractivity contribution < 1.29 is 9.53 Å². The molecule has 1 saturated heterocycles. The molecule has 0 bridgehead atoms. The fourth-order valence-corrected chi connectivity index (χ4v) is 3.38. The number of para-hydroxylation sites is 1. The van der Waals surface area contributed by atoms with Gasteiger partial charge in [0.15, 0.2) is 6.61 Å². The molecule has 0 unspecified atom stereocenters. The Morgan fingerprint density at radius 3 is 2.54 bits per heavy atom. The zero-order valence-corrected chi connectivity index (χ0v) is 15.5. The van der Waals surface area contributed by atoms with Gasteiger partial charge in [-0.2, -0.15) is 0 Å².